The smallest absolute Gasteiger partial charge is 0.407 e. The summed E-state index contributed by atoms with van der Waals surface area (Å²) >= 11 is 0. The Labute approximate surface area is 163 Å². The van der Waals surface area contributed by atoms with E-state index in [1.54, 1.807) is 36.7 Å². The number of nitrogens with zero attached hydrogens (tertiary/aromatic N) is 1. The van der Waals surface area contributed by atoms with Crippen molar-refractivity contribution in [2.45, 2.75) is 19.6 Å². The van der Waals surface area contributed by atoms with Crippen molar-refractivity contribution in [1.82, 2.24) is 10.3 Å². The first kappa shape index (κ1) is 19.1. The van der Waals surface area contributed by atoms with Gasteiger partial charge in [-0.05, 0) is 42.3 Å². The molecule has 2 aromatic carbocycles. The van der Waals surface area contributed by atoms with Gasteiger partial charge in [0.2, 0.25) is 0 Å². The molecule has 0 spiro atoms. The summed E-state index contributed by atoms with van der Waals surface area (Å²) in [5, 5.41) is 5.59. The lowest BCUT2D eigenvalue weighted by Crippen LogP contribution is -2.27. The lowest BCUT2D eigenvalue weighted by Gasteiger charge is -2.15. The molecule has 0 unspecified atom stereocenters. The molecule has 0 saturated heterocycles. The van der Waals surface area contributed by atoms with Gasteiger partial charge in [0.05, 0.1) is 6.04 Å². The first-order valence-corrected chi connectivity index (χ1v) is 8.90. The van der Waals surface area contributed by atoms with Gasteiger partial charge in [0.1, 0.15) is 6.61 Å². The highest BCUT2D eigenvalue weighted by molar-refractivity contribution is 6.04. The summed E-state index contributed by atoms with van der Waals surface area (Å²) in [7, 11) is 0. The molecule has 1 aromatic heterocycles. The molecule has 0 fully saturated rings. The van der Waals surface area contributed by atoms with E-state index in [1.807, 2.05) is 49.4 Å². The van der Waals surface area contributed by atoms with Gasteiger partial charge in [0.25, 0.3) is 5.91 Å². The van der Waals surface area contributed by atoms with Crippen LogP contribution in [0, 0.1) is 0 Å². The van der Waals surface area contributed by atoms with Crippen LogP contribution in [0.1, 0.15) is 34.5 Å². The number of carbonyl (C=O) groups is 2. The van der Waals surface area contributed by atoms with Gasteiger partial charge in [-0.2, -0.15) is 0 Å². The van der Waals surface area contributed by atoms with Crippen molar-refractivity contribution in [3.8, 4) is 0 Å². The maximum absolute atomic E-state index is 12.3. The molecule has 0 saturated carbocycles. The monoisotopic (exact) mass is 375 g/mol. The topological polar surface area (TPSA) is 80.3 Å². The molecule has 0 bridgehead atoms. The van der Waals surface area contributed by atoms with Crippen molar-refractivity contribution in [2.75, 3.05) is 5.32 Å². The molecule has 142 valence electrons. The van der Waals surface area contributed by atoms with Gasteiger partial charge in [0.15, 0.2) is 0 Å². The predicted molar refractivity (Wildman–Crippen MR) is 107 cm³/mol. The van der Waals surface area contributed by atoms with Gasteiger partial charge in [-0.1, -0.05) is 42.5 Å². The number of carbonyl (C=O) groups excluding carboxylic acids is 2. The number of hydrogen-bond acceptors (Lipinski definition) is 4. The van der Waals surface area contributed by atoms with Crippen LogP contribution in [-0.2, 0) is 11.3 Å². The fourth-order valence-electron chi connectivity index (χ4n) is 2.59. The van der Waals surface area contributed by atoms with E-state index in [2.05, 4.69) is 15.6 Å². The minimum absolute atomic E-state index is 0.208. The van der Waals surface area contributed by atoms with Crippen molar-refractivity contribution in [3.63, 3.8) is 0 Å². The molecule has 3 aromatic rings. The molecule has 6 nitrogen and oxygen atoms in total. The SMILES string of the molecule is C[C@@H](NC(=O)OCc1ccccc1)c1ccc(C(=O)Nc2ccncc2)cc1. The van der Waals surface area contributed by atoms with E-state index < -0.39 is 6.09 Å². The average molecular weight is 375 g/mol. The van der Waals surface area contributed by atoms with Gasteiger partial charge in [-0.15, -0.1) is 0 Å². The minimum atomic E-state index is -0.490. The second-order valence-electron chi connectivity index (χ2n) is 6.24. The van der Waals surface area contributed by atoms with Crippen LogP contribution >= 0.6 is 0 Å². The van der Waals surface area contributed by atoms with Crippen LogP contribution in [0.5, 0.6) is 0 Å². The van der Waals surface area contributed by atoms with Crippen LogP contribution in [0.4, 0.5) is 10.5 Å². The molecule has 0 aliphatic carbocycles. The van der Waals surface area contributed by atoms with E-state index >= 15 is 0 Å². The quantitative estimate of drug-likeness (QED) is 0.672. The molecule has 6 heteroatoms. The van der Waals surface area contributed by atoms with Crippen LogP contribution in [0.3, 0.4) is 0 Å². The second-order valence-corrected chi connectivity index (χ2v) is 6.24. The summed E-state index contributed by atoms with van der Waals surface area (Å²) in [6.45, 7) is 2.07. The molecular weight excluding hydrogens is 354 g/mol. The number of rotatable bonds is 6. The molecule has 2 amide bonds. The zero-order valence-electron chi connectivity index (χ0n) is 15.5. The molecule has 1 heterocycles. The van der Waals surface area contributed by atoms with Gasteiger partial charge >= 0.3 is 6.09 Å². The lowest BCUT2D eigenvalue weighted by atomic mass is 10.1. The first-order valence-electron chi connectivity index (χ1n) is 8.90. The highest BCUT2D eigenvalue weighted by Gasteiger charge is 2.12. The largest absolute Gasteiger partial charge is 0.445 e. The molecule has 3 rings (SSSR count). The van der Waals surface area contributed by atoms with Gasteiger partial charge in [0, 0.05) is 23.6 Å². The normalized spacial score (nSPS) is 11.3. The van der Waals surface area contributed by atoms with Crippen LogP contribution in [0.15, 0.2) is 79.1 Å². The number of pyridine rings is 1. The molecule has 0 radical (unpaired) electrons. The van der Waals surface area contributed by atoms with E-state index in [4.69, 9.17) is 4.74 Å². The Hall–Kier alpha value is -3.67. The summed E-state index contributed by atoms with van der Waals surface area (Å²) in [6.07, 6.45) is 2.74. The maximum Gasteiger partial charge on any atom is 0.407 e. The molecule has 0 aliphatic rings. The summed E-state index contributed by atoms with van der Waals surface area (Å²) in [6, 6.07) is 19.7. The van der Waals surface area contributed by atoms with Gasteiger partial charge in [-0.3, -0.25) is 9.78 Å². The molecule has 2 N–H and O–H groups in total. The van der Waals surface area contributed by atoms with Crippen LogP contribution in [0.2, 0.25) is 0 Å². The summed E-state index contributed by atoms with van der Waals surface area (Å²) in [4.78, 5) is 28.2. The second kappa shape index (κ2) is 9.32. The van der Waals surface area contributed by atoms with Gasteiger partial charge < -0.3 is 15.4 Å². The number of alkyl carbamates (subject to hydrolysis) is 1. The summed E-state index contributed by atoms with van der Waals surface area (Å²) < 4.78 is 5.23. The van der Waals surface area contributed by atoms with Crippen LogP contribution in [0.25, 0.3) is 0 Å². The fourth-order valence-corrected chi connectivity index (χ4v) is 2.59. The third kappa shape index (κ3) is 5.41. The Bertz CT molecular complexity index is 913. The van der Waals surface area contributed by atoms with Crippen molar-refractivity contribution in [1.29, 1.82) is 0 Å². The third-order valence-corrected chi connectivity index (χ3v) is 4.16. The van der Waals surface area contributed by atoms with Crippen LogP contribution < -0.4 is 10.6 Å². The highest BCUT2D eigenvalue weighted by Crippen LogP contribution is 2.15. The lowest BCUT2D eigenvalue weighted by molar-refractivity contribution is 0.102. The van der Waals surface area contributed by atoms with E-state index in [1.165, 1.54) is 0 Å². The minimum Gasteiger partial charge on any atom is -0.445 e. The number of nitrogens with one attached hydrogen (secondary N) is 2. The average Bonchev–Trinajstić information content (AvgIpc) is 2.74. The maximum atomic E-state index is 12.3. The zero-order valence-corrected chi connectivity index (χ0v) is 15.5. The Morgan fingerprint density at radius 1 is 0.964 bits per heavy atom. The highest BCUT2D eigenvalue weighted by atomic mass is 16.5. The summed E-state index contributed by atoms with van der Waals surface area (Å²) in [5.74, 6) is -0.208. The zero-order chi connectivity index (χ0) is 19.8. The Morgan fingerprint density at radius 2 is 1.64 bits per heavy atom. The van der Waals surface area contributed by atoms with E-state index in [-0.39, 0.29) is 18.6 Å². The predicted octanol–water partition coefficient (Wildman–Crippen LogP) is 4.32. The standard InChI is InChI=1S/C22H21N3O3/c1-16(24-22(27)28-15-17-5-3-2-4-6-17)18-7-9-19(10-8-18)21(26)25-20-11-13-23-14-12-20/h2-14,16H,15H2,1H3,(H,24,27)(H,23,25,26)/t16-/m1/s1. The van der Waals surface area contributed by atoms with Crippen molar-refractivity contribution in [3.05, 3.63) is 95.8 Å². The van der Waals surface area contributed by atoms with Crippen molar-refractivity contribution >= 4 is 17.7 Å². The third-order valence-electron chi connectivity index (χ3n) is 4.16. The Morgan fingerprint density at radius 3 is 2.32 bits per heavy atom. The molecule has 0 aliphatic heterocycles. The Balaban J connectivity index is 1.52. The number of hydrogen-bond donors (Lipinski definition) is 2. The number of ether oxygens (including phenoxy) is 1. The van der Waals surface area contributed by atoms with E-state index in [9.17, 15) is 9.59 Å². The molecular formula is C22H21N3O3. The van der Waals surface area contributed by atoms with Crippen LogP contribution in [-0.4, -0.2) is 17.0 Å². The van der Waals surface area contributed by atoms with E-state index in [0.29, 0.717) is 11.3 Å². The number of amides is 2. The van der Waals surface area contributed by atoms with Crippen molar-refractivity contribution < 1.29 is 14.3 Å². The van der Waals surface area contributed by atoms with Crippen molar-refractivity contribution in [2.24, 2.45) is 0 Å². The van der Waals surface area contributed by atoms with E-state index in [0.717, 1.165) is 11.1 Å². The molecule has 1 atom stereocenters. The number of benzene rings is 2. The summed E-state index contributed by atoms with van der Waals surface area (Å²) in [5.41, 5.74) is 3.01. The number of anilines is 1. The fraction of sp³-hybridized carbons (Fsp3) is 0.136. The number of aromatic nitrogens is 1. The van der Waals surface area contributed by atoms with Gasteiger partial charge in [-0.25, -0.2) is 4.79 Å². The first-order chi connectivity index (χ1) is 13.6. The Kier molecular flexibility index (Phi) is 6.36. The molecule has 28 heavy (non-hydrogen) atoms.